The van der Waals surface area contributed by atoms with E-state index >= 15 is 0 Å². The van der Waals surface area contributed by atoms with Crippen LogP contribution in [-0.4, -0.2) is 13.2 Å². The van der Waals surface area contributed by atoms with E-state index in [1.807, 2.05) is 6.08 Å². The number of hydrogen-bond donors (Lipinski definition) is 1. The van der Waals surface area contributed by atoms with Crippen molar-refractivity contribution in [2.75, 3.05) is 13.2 Å². The summed E-state index contributed by atoms with van der Waals surface area (Å²) in [6.07, 6.45) is 1.96. The van der Waals surface area contributed by atoms with Gasteiger partial charge in [-0.1, -0.05) is 0 Å². The van der Waals surface area contributed by atoms with Gasteiger partial charge in [0.2, 0.25) is 0 Å². The summed E-state index contributed by atoms with van der Waals surface area (Å²) in [6, 6.07) is 0. The van der Waals surface area contributed by atoms with Gasteiger partial charge >= 0.3 is 0 Å². The average molecular weight is 102 g/mol. The van der Waals surface area contributed by atoms with Crippen molar-refractivity contribution in [2.45, 2.75) is 0 Å². The van der Waals surface area contributed by atoms with Gasteiger partial charge in [-0.15, -0.1) is 12.6 Å². The molecule has 0 radical (unpaired) electrons. The maximum Gasteiger partial charge on any atom is 0.0774 e. The Balaban J connectivity index is 2.45. The normalized spacial score (nSPS) is 21.2. The Kier molecular flexibility index (Phi) is 1.17. The second-order valence-electron chi connectivity index (χ2n) is 1.21. The van der Waals surface area contributed by atoms with E-state index in [2.05, 4.69) is 12.6 Å². The van der Waals surface area contributed by atoms with Gasteiger partial charge in [-0.25, -0.2) is 0 Å². The highest BCUT2D eigenvalue weighted by Crippen LogP contribution is 2.05. The molecule has 1 rings (SSSR count). The summed E-state index contributed by atoms with van der Waals surface area (Å²) in [7, 11) is 0. The molecule has 0 unspecified atom stereocenters. The standard InChI is InChI=1S/C4H6OS/c6-4-1-2-5-3-4/h1,6H,2-3H2. The number of rotatable bonds is 0. The molecule has 2 heteroatoms. The van der Waals surface area contributed by atoms with E-state index in [0.717, 1.165) is 11.5 Å². The van der Waals surface area contributed by atoms with Gasteiger partial charge < -0.3 is 4.74 Å². The van der Waals surface area contributed by atoms with Crippen LogP contribution in [0, 0.1) is 0 Å². The Labute approximate surface area is 42.4 Å². The zero-order valence-electron chi connectivity index (χ0n) is 3.35. The molecule has 1 aliphatic rings. The highest BCUT2D eigenvalue weighted by atomic mass is 32.1. The lowest BCUT2D eigenvalue weighted by Gasteiger charge is -1.82. The van der Waals surface area contributed by atoms with Crippen LogP contribution in [0.25, 0.3) is 0 Å². The van der Waals surface area contributed by atoms with E-state index in [9.17, 15) is 0 Å². The van der Waals surface area contributed by atoms with Crippen molar-refractivity contribution in [3.63, 3.8) is 0 Å². The Morgan fingerprint density at radius 3 is 2.83 bits per heavy atom. The first-order valence-electron chi connectivity index (χ1n) is 1.85. The van der Waals surface area contributed by atoms with Crippen LogP contribution < -0.4 is 0 Å². The monoisotopic (exact) mass is 102 g/mol. The van der Waals surface area contributed by atoms with E-state index in [0.29, 0.717) is 6.61 Å². The molecule has 1 nitrogen and oxygen atoms in total. The van der Waals surface area contributed by atoms with Gasteiger partial charge in [0.25, 0.3) is 0 Å². The minimum absolute atomic E-state index is 0.711. The largest absolute Gasteiger partial charge is 0.372 e. The molecule has 0 N–H and O–H groups in total. The van der Waals surface area contributed by atoms with Crippen molar-refractivity contribution >= 4 is 12.6 Å². The van der Waals surface area contributed by atoms with Crippen LogP contribution in [0.15, 0.2) is 11.0 Å². The molecule has 0 spiro atoms. The second kappa shape index (κ2) is 1.67. The SMILES string of the molecule is SC1=CCOC1. The summed E-state index contributed by atoms with van der Waals surface area (Å²) in [5, 5.41) is 0. The quantitative estimate of drug-likeness (QED) is 0.446. The Morgan fingerprint density at radius 2 is 2.67 bits per heavy atom. The topological polar surface area (TPSA) is 9.23 Å². The molecule has 0 aliphatic carbocycles. The first kappa shape index (κ1) is 4.22. The molecule has 34 valence electrons. The molecule has 0 amide bonds. The van der Waals surface area contributed by atoms with E-state index < -0.39 is 0 Å². The molecular weight excluding hydrogens is 96.1 g/mol. The molecule has 0 fully saturated rings. The maximum atomic E-state index is 4.89. The molecule has 1 aliphatic heterocycles. The van der Waals surface area contributed by atoms with Crippen molar-refractivity contribution < 1.29 is 4.74 Å². The molecule has 0 aromatic heterocycles. The van der Waals surface area contributed by atoms with Gasteiger partial charge in [-0.2, -0.15) is 0 Å². The van der Waals surface area contributed by atoms with Gasteiger partial charge in [-0.3, -0.25) is 0 Å². The minimum atomic E-state index is 0.711. The third-order valence-electron chi connectivity index (χ3n) is 0.687. The predicted molar refractivity (Wildman–Crippen MR) is 27.9 cm³/mol. The Bertz CT molecular complexity index is 77.6. The summed E-state index contributed by atoms with van der Waals surface area (Å²) in [4.78, 5) is 1.05. The van der Waals surface area contributed by atoms with Gasteiger partial charge in [-0.05, 0) is 6.08 Å². The van der Waals surface area contributed by atoms with E-state index in [1.165, 1.54) is 0 Å². The average Bonchev–Trinajstić information content (AvgIpc) is 1.86. The molecule has 0 bridgehead atoms. The number of hydrogen-bond acceptors (Lipinski definition) is 2. The third kappa shape index (κ3) is 0.758. The van der Waals surface area contributed by atoms with Crippen molar-refractivity contribution in [1.29, 1.82) is 0 Å². The van der Waals surface area contributed by atoms with Crippen LogP contribution >= 0.6 is 12.6 Å². The highest BCUT2D eigenvalue weighted by Gasteiger charge is 1.95. The van der Waals surface area contributed by atoms with Gasteiger partial charge in [0.05, 0.1) is 13.2 Å². The fraction of sp³-hybridized carbons (Fsp3) is 0.500. The summed E-state index contributed by atoms with van der Waals surface area (Å²) in [5.74, 6) is 0. The molecular formula is C4H6OS. The number of thiol groups is 1. The molecule has 6 heavy (non-hydrogen) atoms. The van der Waals surface area contributed by atoms with Gasteiger partial charge in [0, 0.05) is 4.91 Å². The van der Waals surface area contributed by atoms with Crippen LogP contribution in [0.5, 0.6) is 0 Å². The summed E-state index contributed by atoms with van der Waals surface area (Å²) >= 11 is 4.03. The molecule has 0 saturated carbocycles. The van der Waals surface area contributed by atoms with E-state index in [-0.39, 0.29) is 0 Å². The fourth-order valence-electron chi connectivity index (χ4n) is 0.378. The van der Waals surface area contributed by atoms with Crippen LogP contribution in [0.1, 0.15) is 0 Å². The van der Waals surface area contributed by atoms with Crippen LogP contribution in [0.2, 0.25) is 0 Å². The molecule has 0 saturated heterocycles. The molecule has 1 heterocycles. The first-order chi connectivity index (χ1) is 2.89. The molecule has 0 atom stereocenters. The highest BCUT2D eigenvalue weighted by molar-refractivity contribution is 7.84. The summed E-state index contributed by atoms with van der Waals surface area (Å²) in [6.45, 7) is 1.46. The van der Waals surface area contributed by atoms with Crippen LogP contribution in [-0.2, 0) is 4.74 Å². The zero-order chi connectivity index (χ0) is 4.41. The van der Waals surface area contributed by atoms with Crippen molar-refractivity contribution in [3.05, 3.63) is 11.0 Å². The lowest BCUT2D eigenvalue weighted by molar-refractivity contribution is 0.211. The second-order valence-corrected chi connectivity index (χ2v) is 1.79. The summed E-state index contributed by atoms with van der Waals surface area (Å²) in [5.41, 5.74) is 0. The predicted octanol–water partition coefficient (Wildman–Crippen LogP) is 0.830. The van der Waals surface area contributed by atoms with E-state index in [1.54, 1.807) is 0 Å². The summed E-state index contributed by atoms with van der Waals surface area (Å²) < 4.78 is 4.89. The Hall–Kier alpha value is 0.0500. The third-order valence-corrected chi connectivity index (χ3v) is 0.998. The smallest absolute Gasteiger partial charge is 0.0774 e. The first-order valence-corrected chi connectivity index (χ1v) is 2.30. The van der Waals surface area contributed by atoms with Crippen molar-refractivity contribution in [3.8, 4) is 0 Å². The van der Waals surface area contributed by atoms with E-state index in [4.69, 9.17) is 4.74 Å². The fourth-order valence-corrected chi connectivity index (χ4v) is 0.543. The van der Waals surface area contributed by atoms with Crippen molar-refractivity contribution in [1.82, 2.24) is 0 Å². The van der Waals surface area contributed by atoms with Crippen molar-refractivity contribution in [2.24, 2.45) is 0 Å². The Morgan fingerprint density at radius 1 is 1.83 bits per heavy atom. The lowest BCUT2D eigenvalue weighted by atomic mass is 10.6. The number of ether oxygens (including phenoxy) is 1. The van der Waals surface area contributed by atoms with Crippen LogP contribution in [0.3, 0.4) is 0 Å². The van der Waals surface area contributed by atoms with Gasteiger partial charge in [0.15, 0.2) is 0 Å². The maximum absolute atomic E-state index is 4.89. The van der Waals surface area contributed by atoms with Crippen LogP contribution in [0.4, 0.5) is 0 Å². The van der Waals surface area contributed by atoms with Gasteiger partial charge in [0.1, 0.15) is 0 Å². The minimum Gasteiger partial charge on any atom is -0.372 e. The molecule has 0 aromatic carbocycles. The lowest BCUT2D eigenvalue weighted by Crippen LogP contribution is -1.79. The zero-order valence-corrected chi connectivity index (χ0v) is 4.24. The molecule has 0 aromatic rings.